The van der Waals surface area contributed by atoms with Crippen molar-refractivity contribution in [1.29, 1.82) is 0 Å². The predicted octanol–water partition coefficient (Wildman–Crippen LogP) is 2.12. The van der Waals surface area contributed by atoms with Crippen LogP contribution in [0.3, 0.4) is 0 Å². The lowest BCUT2D eigenvalue weighted by Gasteiger charge is -2.17. The van der Waals surface area contributed by atoms with E-state index in [0.29, 0.717) is 18.8 Å². The molecule has 2 N–H and O–H groups in total. The Balaban J connectivity index is 2.07. The number of rotatable bonds is 4. The Labute approximate surface area is 119 Å². The molecule has 0 aliphatic carbocycles. The Morgan fingerprint density at radius 2 is 1.80 bits per heavy atom. The van der Waals surface area contributed by atoms with Gasteiger partial charge >= 0.3 is 0 Å². The first-order chi connectivity index (χ1) is 9.60. The van der Waals surface area contributed by atoms with Crippen LogP contribution in [0.4, 0.5) is 0 Å². The average molecular weight is 269 g/mol. The van der Waals surface area contributed by atoms with Crippen LogP contribution >= 0.6 is 0 Å². The van der Waals surface area contributed by atoms with E-state index in [1.54, 1.807) is 18.0 Å². The fraction of sp³-hybridized carbons (Fsp3) is 0.250. The van der Waals surface area contributed by atoms with E-state index in [9.17, 15) is 4.79 Å². The fourth-order valence-electron chi connectivity index (χ4n) is 1.98. The standard InChI is InChI=1S/C16H19N3O/c1-12-4-3-5-15(18-12)16(20)19(2)11-14-8-6-13(10-17)7-9-14/h3-9H,10-11,17H2,1-2H3. The van der Waals surface area contributed by atoms with Gasteiger partial charge in [0.1, 0.15) is 5.69 Å². The van der Waals surface area contributed by atoms with E-state index in [2.05, 4.69) is 4.98 Å². The first-order valence-electron chi connectivity index (χ1n) is 6.57. The van der Waals surface area contributed by atoms with Gasteiger partial charge in [-0.1, -0.05) is 30.3 Å². The molecule has 20 heavy (non-hydrogen) atoms. The third-order valence-corrected chi connectivity index (χ3v) is 3.13. The molecule has 0 saturated heterocycles. The third kappa shape index (κ3) is 3.42. The summed E-state index contributed by atoms with van der Waals surface area (Å²) >= 11 is 0. The van der Waals surface area contributed by atoms with E-state index in [0.717, 1.165) is 16.8 Å². The molecule has 1 aromatic carbocycles. The van der Waals surface area contributed by atoms with E-state index < -0.39 is 0 Å². The van der Waals surface area contributed by atoms with Crippen LogP contribution < -0.4 is 5.73 Å². The van der Waals surface area contributed by atoms with Crippen molar-refractivity contribution in [3.63, 3.8) is 0 Å². The van der Waals surface area contributed by atoms with Crippen LogP contribution in [0.25, 0.3) is 0 Å². The van der Waals surface area contributed by atoms with Crippen molar-refractivity contribution >= 4 is 5.91 Å². The van der Waals surface area contributed by atoms with E-state index in [1.165, 1.54) is 0 Å². The summed E-state index contributed by atoms with van der Waals surface area (Å²) < 4.78 is 0. The molecule has 1 heterocycles. The van der Waals surface area contributed by atoms with E-state index in [1.807, 2.05) is 43.3 Å². The Bertz CT molecular complexity index is 593. The predicted molar refractivity (Wildman–Crippen MR) is 79.1 cm³/mol. The van der Waals surface area contributed by atoms with Crippen LogP contribution in [-0.2, 0) is 13.1 Å². The molecule has 4 heteroatoms. The molecule has 0 atom stereocenters. The van der Waals surface area contributed by atoms with Gasteiger partial charge in [0.2, 0.25) is 0 Å². The minimum absolute atomic E-state index is 0.0726. The number of hydrogen-bond donors (Lipinski definition) is 1. The second-order valence-corrected chi connectivity index (χ2v) is 4.85. The number of nitrogens with zero attached hydrogens (tertiary/aromatic N) is 2. The van der Waals surface area contributed by atoms with Crippen LogP contribution in [0, 0.1) is 6.92 Å². The molecule has 0 aliphatic rings. The molecule has 2 aromatic rings. The lowest BCUT2D eigenvalue weighted by Crippen LogP contribution is -2.27. The number of aryl methyl sites for hydroxylation is 1. The maximum atomic E-state index is 12.3. The number of amides is 1. The Kier molecular flexibility index (Phi) is 4.48. The average Bonchev–Trinajstić information content (AvgIpc) is 2.47. The van der Waals surface area contributed by atoms with Crippen molar-refractivity contribution in [3.05, 3.63) is 65.0 Å². The zero-order chi connectivity index (χ0) is 14.5. The summed E-state index contributed by atoms with van der Waals surface area (Å²) in [5.74, 6) is -0.0726. The highest BCUT2D eigenvalue weighted by Crippen LogP contribution is 2.09. The summed E-state index contributed by atoms with van der Waals surface area (Å²) in [7, 11) is 1.78. The number of nitrogens with two attached hydrogens (primary N) is 1. The van der Waals surface area contributed by atoms with Gasteiger partial charge in [-0.05, 0) is 30.2 Å². The molecular formula is C16H19N3O. The summed E-state index contributed by atoms with van der Waals surface area (Å²) in [6, 6.07) is 13.4. The smallest absolute Gasteiger partial charge is 0.272 e. The van der Waals surface area contributed by atoms with Crippen LogP contribution in [0.5, 0.6) is 0 Å². The zero-order valence-corrected chi connectivity index (χ0v) is 11.8. The second kappa shape index (κ2) is 6.30. The van der Waals surface area contributed by atoms with Crippen LogP contribution in [0.15, 0.2) is 42.5 Å². The molecule has 104 valence electrons. The topological polar surface area (TPSA) is 59.2 Å². The normalized spacial score (nSPS) is 10.3. The molecule has 0 spiro atoms. The molecule has 4 nitrogen and oxygen atoms in total. The maximum Gasteiger partial charge on any atom is 0.272 e. The van der Waals surface area contributed by atoms with Crippen molar-refractivity contribution in [2.45, 2.75) is 20.0 Å². The third-order valence-electron chi connectivity index (χ3n) is 3.13. The maximum absolute atomic E-state index is 12.3. The molecule has 0 aliphatic heterocycles. The molecule has 0 unspecified atom stereocenters. The number of carbonyl (C=O) groups is 1. The lowest BCUT2D eigenvalue weighted by molar-refractivity contribution is 0.0779. The largest absolute Gasteiger partial charge is 0.336 e. The first-order valence-corrected chi connectivity index (χ1v) is 6.57. The van der Waals surface area contributed by atoms with Gasteiger partial charge in [-0.2, -0.15) is 0 Å². The lowest BCUT2D eigenvalue weighted by atomic mass is 10.1. The molecule has 2 rings (SSSR count). The van der Waals surface area contributed by atoms with Gasteiger partial charge in [-0.25, -0.2) is 4.98 Å². The summed E-state index contributed by atoms with van der Waals surface area (Å²) in [5.41, 5.74) is 9.05. The Hall–Kier alpha value is -2.20. The van der Waals surface area contributed by atoms with Gasteiger partial charge in [0, 0.05) is 25.8 Å². The molecule has 0 fully saturated rings. The number of hydrogen-bond acceptors (Lipinski definition) is 3. The molecule has 0 saturated carbocycles. The van der Waals surface area contributed by atoms with Gasteiger partial charge in [0.05, 0.1) is 0 Å². The minimum atomic E-state index is -0.0726. The number of pyridine rings is 1. The summed E-state index contributed by atoms with van der Waals surface area (Å²) in [6.45, 7) is 2.96. The molecule has 0 radical (unpaired) electrons. The SMILES string of the molecule is Cc1cccc(C(=O)N(C)Cc2ccc(CN)cc2)n1. The van der Waals surface area contributed by atoms with E-state index in [-0.39, 0.29) is 5.91 Å². The first kappa shape index (κ1) is 14.2. The Morgan fingerprint density at radius 1 is 1.15 bits per heavy atom. The summed E-state index contributed by atoms with van der Waals surface area (Å²) in [6.07, 6.45) is 0. The van der Waals surface area contributed by atoms with Crippen LogP contribution in [0.2, 0.25) is 0 Å². The van der Waals surface area contributed by atoms with Crippen molar-refractivity contribution in [2.75, 3.05) is 7.05 Å². The summed E-state index contributed by atoms with van der Waals surface area (Å²) in [4.78, 5) is 18.2. The highest BCUT2D eigenvalue weighted by Gasteiger charge is 2.13. The quantitative estimate of drug-likeness (QED) is 0.925. The van der Waals surface area contributed by atoms with Gasteiger partial charge in [-0.15, -0.1) is 0 Å². The zero-order valence-electron chi connectivity index (χ0n) is 11.8. The monoisotopic (exact) mass is 269 g/mol. The van der Waals surface area contributed by atoms with Crippen molar-refractivity contribution in [3.8, 4) is 0 Å². The van der Waals surface area contributed by atoms with Crippen LogP contribution in [0.1, 0.15) is 27.3 Å². The summed E-state index contributed by atoms with van der Waals surface area (Å²) in [5, 5.41) is 0. The Morgan fingerprint density at radius 3 is 2.40 bits per heavy atom. The number of carbonyl (C=O) groups excluding carboxylic acids is 1. The number of benzene rings is 1. The molecule has 1 amide bonds. The van der Waals surface area contributed by atoms with Crippen LogP contribution in [-0.4, -0.2) is 22.8 Å². The van der Waals surface area contributed by atoms with Gasteiger partial charge < -0.3 is 10.6 Å². The highest BCUT2D eigenvalue weighted by atomic mass is 16.2. The van der Waals surface area contributed by atoms with Crippen molar-refractivity contribution in [1.82, 2.24) is 9.88 Å². The van der Waals surface area contributed by atoms with E-state index >= 15 is 0 Å². The van der Waals surface area contributed by atoms with Gasteiger partial charge in [0.15, 0.2) is 0 Å². The van der Waals surface area contributed by atoms with Gasteiger partial charge in [-0.3, -0.25) is 4.79 Å². The highest BCUT2D eigenvalue weighted by molar-refractivity contribution is 5.92. The molecular weight excluding hydrogens is 250 g/mol. The second-order valence-electron chi connectivity index (χ2n) is 4.85. The van der Waals surface area contributed by atoms with Crippen molar-refractivity contribution in [2.24, 2.45) is 5.73 Å². The fourth-order valence-corrected chi connectivity index (χ4v) is 1.98. The number of aromatic nitrogens is 1. The minimum Gasteiger partial charge on any atom is -0.336 e. The molecule has 0 bridgehead atoms. The van der Waals surface area contributed by atoms with Crippen molar-refractivity contribution < 1.29 is 4.79 Å². The van der Waals surface area contributed by atoms with E-state index in [4.69, 9.17) is 5.73 Å². The van der Waals surface area contributed by atoms with Gasteiger partial charge in [0.25, 0.3) is 5.91 Å². The molecule has 1 aromatic heterocycles.